The fraction of sp³-hybridized carbons (Fsp3) is 0.471. The summed E-state index contributed by atoms with van der Waals surface area (Å²) >= 11 is 0. The zero-order chi connectivity index (χ0) is 15.2. The monoisotopic (exact) mass is 289 g/mol. The maximum absolute atomic E-state index is 12.9. The maximum Gasteiger partial charge on any atom is 0.123 e. The van der Waals surface area contributed by atoms with Crippen LogP contribution >= 0.6 is 0 Å². The molecule has 0 aliphatic rings. The Bertz CT molecular complexity index is 547. The van der Waals surface area contributed by atoms with Crippen LogP contribution in [0.15, 0.2) is 36.5 Å². The molecule has 0 saturated carbocycles. The molecule has 1 N–H and O–H groups in total. The number of halogens is 1. The van der Waals surface area contributed by atoms with Gasteiger partial charge in [-0.2, -0.15) is 5.10 Å². The lowest BCUT2D eigenvalue weighted by Crippen LogP contribution is -2.27. The minimum Gasteiger partial charge on any atom is -0.308 e. The quantitative estimate of drug-likeness (QED) is 0.842. The van der Waals surface area contributed by atoms with E-state index in [1.807, 2.05) is 23.0 Å². The molecule has 2 aromatic rings. The third-order valence-electron chi connectivity index (χ3n) is 3.79. The van der Waals surface area contributed by atoms with Crippen LogP contribution in [0.3, 0.4) is 0 Å². The summed E-state index contributed by atoms with van der Waals surface area (Å²) in [6.07, 6.45) is 4.00. The van der Waals surface area contributed by atoms with E-state index in [0.717, 1.165) is 30.6 Å². The zero-order valence-electron chi connectivity index (χ0n) is 13.0. The van der Waals surface area contributed by atoms with Crippen LogP contribution in [0.5, 0.6) is 0 Å². The van der Waals surface area contributed by atoms with Crippen molar-refractivity contribution in [1.29, 1.82) is 0 Å². The van der Waals surface area contributed by atoms with E-state index < -0.39 is 0 Å². The van der Waals surface area contributed by atoms with Gasteiger partial charge in [0.15, 0.2) is 0 Å². The molecule has 0 spiro atoms. The second-order valence-corrected chi connectivity index (χ2v) is 5.66. The van der Waals surface area contributed by atoms with Crippen LogP contribution in [0.4, 0.5) is 4.39 Å². The first-order valence-electron chi connectivity index (χ1n) is 7.60. The number of aromatic nitrogens is 2. The summed E-state index contributed by atoms with van der Waals surface area (Å²) in [5.41, 5.74) is 2.20. The van der Waals surface area contributed by atoms with E-state index in [-0.39, 0.29) is 5.82 Å². The number of nitrogens with one attached hydrogen (secondary N) is 1. The van der Waals surface area contributed by atoms with E-state index in [9.17, 15) is 4.39 Å². The molecule has 0 saturated heterocycles. The number of hydrogen-bond acceptors (Lipinski definition) is 2. The zero-order valence-corrected chi connectivity index (χ0v) is 13.0. The second-order valence-electron chi connectivity index (χ2n) is 5.66. The van der Waals surface area contributed by atoms with E-state index in [1.165, 1.54) is 12.1 Å². The van der Waals surface area contributed by atoms with Crippen LogP contribution in [0.2, 0.25) is 0 Å². The summed E-state index contributed by atoms with van der Waals surface area (Å²) in [4.78, 5) is 0. The normalized spacial score (nSPS) is 14.1. The van der Waals surface area contributed by atoms with Gasteiger partial charge in [-0.3, -0.25) is 4.68 Å². The Hall–Kier alpha value is -1.68. The Morgan fingerprint density at radius 3 is 2.57 bits per heavy atom. The molecule has 1 aromatic heterocycles. The first kappa shape index (κ1) is 15.7. The molecule has 0 aliphatic carbocycles. The lowest BCUT2D eigenvalue weighted by Gasteiger charge is -2.13. The number of nitrogens with zero attached hydrogens (tertiary/aromatic N) is 2. The van der Waals surface area contributed by atoms with E-state index in [4.69, 9.17) is 0 Å². The van der Waals surface area contributed by atoms with Crippen molar-refractivity contribution in [3.63, 3.8) is 0 Å². The molecular formula is C17H24FN3. The van der Waals surface area contributed by atoms with Crippen LogP contribution < -0.4 is 5.32 Å². The van der Waals surface area contributed by atoms with Gasteiger partial charge in [0.05, 0.1) is 5.69 Å². The van der Waals surface area contributed by atoms with Crippen molar-refractivity contribution in [2.75, 3.05) is 0 Å². The van der Waals surface area contributed by atoms with Crippen molar-refractivity contribution in [2.24, 2.45) is 0 Å². The van der Waals surface area contributed by atoms with Crippen molar-refractivity contribution in [2.45, 2.75) is 52.2 Å². The predicted molar refractivity (Wildman–Crippen MR) is 83.6 cm³/mol. The summed E-state index contributed by atoms with van der Waals surface area (Å²) < 4.78 is 14.9. The lowest BCUT2D eigenvalue weighted by molar-refractivity contribution is 0.466. The highest BCUT2D eigenvalue weighted by atomic mass is 19.1. The summed E-state index contributed by atoms with van der Waals surface area (Å²) in [6.45, 7) is 7.22. The van der Waals surface area contributed by atoms with Crippen molar-refractivity contribution < 1.29 is 4.39 Å². The van der Waals surface area contributed by atoms with Gasteiger partial charge in [0.25, 0.3) is 0 Å². The summed E-state index contributed by atoms with van der Waals surface area (Å²) in [5, 5.41) is 8.04. The average Bonchev–Trinajstić information content (AvgIpc) is 2.96. The minimum absolute atomic E-state index is 0.185. The molecule has 114 valence electrons. The van der Waals surface area contributed by atoms with Gasteiger partial charge in [-0.25, -0.2) is 4.39 Å². The molecule has 0 fully saturated rings. The number of hydrogen-bond donors (Lipinski definition) is 1. The molecule has 0 radical (unpaired) electrons. The highest BCUT2D eigenvalue weighted by Crippen LogP contribution is 2.10. The Kier molecular flexibility index (Phi) is 5.51. The molecule has 4 heteroatoms. The van der Waals surface area contributed by atoms with Gasteiger partial charge in [-0.1, -0.05) is 19.1 Å². The van der Waals surface area contributed by atoms with Crippen molar-refractivity contribution >= 4 is 0 Å². The van der Waals surface area contributed by atoms with Crippen LogP contribution in [-0.4, -0.2) is 15.8 Å². The van der Waals surface area contributed by atoms with Gasteiger partial charge in [0, 0.05) is 24.8 Å². The van der Waals surface area contributed by atoms with Gasteiger partial charge in [-0.05, 0) is 50.5 Å². The SMILES string of the molecule is CCC(C)n1ccc(CNC(C)Cc2ccc(F)cc2)n1. The molecule has 1 heterocycles. The Morgan fingerprint density at radius 1 is 1.19 bits per heavy atom. The fourth-order valence-corrected chi connectivity index (χ4v) is 2.23. The van der Waals surface area contributed by atoms with E-state index in [2.05, 4.69) is 37.3 Å². The topological polar surface area (TPSA) is 29.9 Å². The molecule has 2 rings (SSSR count). The van der Waals surface area contributed by atoms with E-state index >= 15 is 0 Å². The molecule has 1 aromatic carbocycles. The highest BCUT2D eigenvalue weighted by molar-refractivity contribution is 5.17. The third-order valence-corrected chi connectivity index (χ3v) is 3.79. The van der Waals surface area contributed by atoms with Gasteiger partial charge < -0.3 is 5.32 Å². The first-order chi connectivity index (χ1) is 10.1. The Morgan fingerprint density at radius 2 is 1.90 bits per heavy atom. The van der Waals surface area contributed by atoms with Crippen LogP contribution in [-0.2, 0) is 13.0 Å². The summed E-state index contributed by atoms with van der Waals surface area (Å²) in [6, 6.07) is 9.52. The number of rotatable bonds is 7. The van der Waals surface area contributed by atoms with Crippen LogP contribution in [0.25, 0.3) is 0 Å². The van der Waals surface area contributed by atoms with Gasteiger partial charge in [0.1, 0.15) is 5.82 Å². The van der Waals surface area contributed by atoms with Crippen molar-refractivity contribution in [3.8, 4) is 0 Å². The Labute approximate surface area is 126 Å². The first-order valence-corrected chi connectivity index (χ1v) is 7.60. The van der Waals surface area contributed by atoms with Crippen molar-refractivity contribution in [1.82, 2.24) is 15.1 Å². The van der Waals surface area contributed by atoms with Crippen LogP contribution in [0, 0.1) is 5.82 Å². The molecular weight excluding hydrogens is 265 g/mol. The molecule has 3 nitrogen and oxygen atoms in total. The van der Waals surface area contributed by atoms with Gasteiger partial charge in [0.2, 0.25) is 0 Å². The van der Waals surface area contributed by atoms with E-state index in [1.54, 1.807) is 0 Å². The molecule has 0 bridgehead atoms. The minimum atomic E-state index is -0.185. The number of benzene rings is 1. The second kappa shape index (κ2) is 7.36. The maximum atomic E-state index is 12.9. The third kappa shape index (κ3) is 4.67. The lowest BCUT2D eigenvalue weighted by atomic mass is 10.1. The molecule has 0 aliphatic heterocycles. The molecule has 0 amide bonds. The largest absolute Gasteiger partial charge is 0.308 e. The highest BCUT2D eigenvalue weighted by Gasteiger charge is 2.07. The Balaban J connectivity index is 1.82. The fourth-order valence-electron chi connectivity index (χ4n) is 2.23. The van der Waals surface area contributed by atoms with Gasteiger partial charge >= 0.3 is 0 Å². The van der Waals surface area contributed by atoms with Crippen molar-refractivity contribution in [3.05, 3.63) is 53.6 Å². The summed E-state index contributed by atoms with van der Waals surface area (Å²) in [5.74, 6) is -0.185. The molecule has 21 heavy (non-hydrogen) atoms. The van der Waals surface area contributed by atoms with Crippen LogP contribution in [0.1, 0.15) is 44.5 Å². The standard InChI is InChI=1S/C17H24FN3/c1-4-14(3)21-10-9-17(20-21)12-19-13(2)11-15-5-7-16(18)8-6-15/h5-10,13-14,19H,4,11-12H2,1-3H3. The summed E-state index contributed by atoms with van der Waals surface area (Å²) in [7, 11) is 0. The van der Waals surface area contributed by atoms with Gasteiger partial charge in [-0.15, -0.1) is 0 Å². The average molecular weight is 289 g/mol. The molecule has 2 atom stereocenters. The van der Waals surface area contributed by atoms with E-state index in [0.29, 0.717) is 12.1 Å². The predicted octanol–water partition coefficient (Wildman–Crippen LogP) is 3.71. The smallest absolute Gasteiger partial charge is 0.123 e. The molecule has 2 unspecified atom stereocenters.